The zero-order chi connectivity index (χ0) is 23.1. The van der Waals surface area contributed by atoms with E-state index in [4.69, 9.17) is 24.1 Å². The lowest BCUT2D eigenvalue weighted by Crippen LogP contribution is -2.55. The lowest BCUT2D eigenvalue weighted by Gasteiger charge is -2.41. The number of amides is 1. The van der Waals surface area contributed by atoms with E-state index >= 15 is 0 Å². The molecule has 3 aliphatic rings. The minimum Gasteiger partial charge on any atom is -0.475 e. The number of pyridine rings is 1. The van der Waals surface area contributed by atoms with E-state index in [9.17, 15) is 18.0 Å². The second kappa shape index (κ2) is 11.1. The Balaban J connectivity index is 0.000000360. The Morgan fingerprint density at radius 2 is 1.88 bits per heavy atom. The zero-order valence-electron chi connectivity index (χ0n) is 17.5. The molecule has 3 heterocycles. The largest absolute Gasteiger partial charge is 0.490 e. The Hall–Kier alpha value is -2.24. The van der Waals surface area contributed by atoms with Gasteiger partial charge in [-0.2, -0.15) is 13.2 Å². The van der Waals surface area contributed by atoms with Gasteiger partial charge in [-0.05, 0) is 37.8 Å². The van der Waals surface area contributed by atoms with Gasteiger partial charge in [-0.1, -0.05) is 6.07 Å². The average molecular weight is 460 g/mol. The van der Waals surface area contributed by atoms with Gasteiger partial charge in [0.05, 0.1) is 31.1 Å². The molecule has 1 amide bonds. The molecule has 8 nitrogen and oxygen atoms in total. The maximum atomic E-state index is 12.9. The van der Waals surface area contributed by atoms with Crippen LogP contribution in [0.4, 0.5) is 13.2 Å². The summed E-state index contributed by atoms with van der Waals surface area (Å²) in [4.78, 5) is 28.2. The lowest BCUT2D eigenvalue weighted by molar-refractivity contribution is -0.192. The first-order valence-electron chi connectivity index (χ1n) is 10.6. The van der Waals surface area contributed by atoms with E-state index in [1.807, 2.05) is 18.2 Å². The molecular formula is C21H27F3N2O6. The molecule has 2 saturated heterocycles. The lowest BCUT2D eigenvalue weighted by atomic mass is 9.97. The Morgan fingerprint density at radius 1 is 1.16 bits per heavy atom. The first-order chi connectivity index (χ1) is 15.3. The number of fused-ring (bicyclic) bond motifs is 1. The van der Waals surface area contributed by atoms with Crippen LogP contribution in [0, 0.1) is 5.92 Å². The van der Waals surface area contributed by atoms with Gasteiger partial charge in [0.15, 0.2) is 0 Å². The highest BCUT2D eigenvalue weighted by Crippen LogP contribution is 2.34. The summed E-state index contributed by atoms with van der Waals surface area (Å²) in [5.41, 5.74) is 0.928. The Kier molecular flexibility index (Phi) is 8.44. The van der Waals surface area contributed by atoms with Crippen molar-refractivity contribution in [1.82, 2.24) is 9.88 Å². The molecule has 2 aliphatic heterocycles. The molecule has 0 bridgehead atoms. The van der Waals surface area contributed by atoms with Crippen molar-refractivity contribution in [3.63, 3.8) is 0 Å². The number of carboxylic acid groups (broad SMARTS) is 1. The van der Waals surface area contributed by atoms with Crippen molar-refractivity contribution in [3.05, 3.63) is 30.1 Å². The van der Waals surface area contributed by atoms with Gasteiger partial charge < -0.3 is 24.2 Å². The number of rotatable bonds is 4. The molecule has 178 valence electrons. The number of nitrogens with zero attached hydrogens (tertiary/aromatic N) is 2. The van der Waals surface area contributed by atoms with Crippen LogP contribution in [0.25, 0.3) is 0 Å². The summed E-state index contributed by atoms with van der Waals surface area (Å²) in [5, 5.41) is 7.12. The van der Waals surface area contributed by atoms with E-state index in [0.717, 1.165) is 31.4 Å². The van der Waals surface area contributed by atoms with Crippen molar-refractivity contribution in [1.29, 1.82) is 0 Å². The normalized spacial score (nSPS) is 26.1. The molecule has 4 rings (SSSR count). The number of hydrogen-bond donors (Lipinski definition) is 1. The van der Waals surface area contributed by atoms with E-state index < -0.39 is 12.1 Å². The van der Waals surface area contributed by atoms with Crippen LogP contribution < -0.4 is 0 Å². The van der Waals surface area contributed by atoms with E-state index in [0.29, 0.717) is 33.0 Å². The van der Waals surface area contributed by atoms with Gasteiger partial charge in [0.2, 0.25) is 5.91 Å². The third-order valence-corrected chi connectivity index (χ3v) is 5.80. The molecule has 1 aromatic heterocycles. The van der Waals surface area contributed by atoms with Crippen molar-refractivity contribution in [2.75, 3.05) is 26.4 Å². The van der Waals surface area contributed by atoms with Crippen LogP contribution in [0.2, 0.25) is 0 Å². The van der Waals surface area contributed by atoms with Gasteiger partial charge in [-0.15, -0.1) is 0 Å². The SMILES string of the molecule is O=C(C1CCOCC1)N1CCO[C@H]2[C@H](OCc3ccccn3)CC[C@@H]21.O=C(O)C(F)(F)F. The number of carboxylic acids is 1. The molecule has 1 saturated carbocycles. The number of aromatic nitrogens is 1. The highest BCUT2D eigenvalue weighted by atomic mass is 19.4. The van der Waals surface area contributed by atoms with Gasteiger partial charge in [0.25, 0.3) is 0 Å². The molecular weight excluding hydrogens is 433 g/mol. The van der Waals surface area contributed by atoms with Crippen molar-refractivity contribution >= 4 is 11.9 Å². The predicted octanol–water partition coefficient (Wildman–Crippen LogP) is 2.42. The summed E-state index contributed by atoms with van der Waals surface area (Å²) in [6.07, 6.45) is 0.285. The van der Waals surface area contributed by atoms with E-state index in [1.54, 1.807) is 6.20 Å². The second-order valence-electron chi connectivity index (χ2n) is 7.87. The Morgan fingerprint density at radius 3 is 2.50 bits per heavy atom. The number of alkyl halides is 3. The quantitative estimate of drug-likeness (QED) is 0.737. The third-order valence-electron chi connectivity index (χ3n) is 5.80. The van der Waals surface area contributed by atoms with Crippen LogP contribution in [0.15, 0.2) is 24.4 Å². The van der Waals surface area contributed by atoms with E-state index in [1.165, 1.54) is 0 Å². The van der Waals surface area contributed by atoms with E-state index in [-0.39, 0.29) is 30.1 Å². The highest BCUT2D eigenvalue weighted by Gasteiger charge is 2.46. The number of ether oxygens (including phenoxy) is 3. The van der Waals surface area contributed by atoms with Gasteiger partial charge in [-0.25, -0.2) is 4.79 Å². The molecule has 1 aliphatic carbocycles. The topological polar surface area (TPSA) is 98.2 Å². The third kappa shape index (κ3) is 6.39. The number of aliphatic carboxylic acids is 1. The van der Waals surface area contributed by atoms with Gasteiger partial charge in [0, 0.05) is 31.9 Å². The molecule has 11 heteroatoms. The second-order valence-corrected chi connectivity index (χ2v) is 7.87. The molecule has 3 fully saturated rings. The Bertz CT molecular complexity index is 758. The molecule has 1 N–H and O–H groups in total. The summed E-state index contributed by atoms with van der Waals surface area (Å²) in [5.74, 6) is -2.36. The summed E-state index contributed by atoms with van der Waals surface area (Å²) in [6.45, 7) is 3.19. The van der Waals surface area contributed by atoms with Gasteiger partial charge in [-0.3, -0.25) is 9.78 Å². The Labute approximate surface area is 183 Å². The first-order valence-corrected chi connectivity index (χ1v) is 10.6. The number of morpholine rings is 1. The maximum absolute atomic E-state index is 12.9. The standard InChI is InChI=1S/C19H26N2O4.C2HF3O2/c22-19(14-6-10-23-11-7-14)21-9-12-24-18-16(21)4-5-17(18)25-13-15-3-1-2-8-20-15;3-2(4,5)1(6)7/h1-3,8,14,16-18H,4-7,9-13H2;(H,6,7)/t16-,17+,18+;/m0./s1. The summed E-state index contributed by atoms with van der Waals surface area (Å²) in [7, 11) is 0. The van der Waals surface area contributed by atoms with Crippen LogP contribution in [0.1, 0.15) is 31.4 Å². The van der Waals surface area contributed by atoms with Crippen LogP contribution in [-0.4, -0.2) is 77.7 Å². The van der Waals surface area contributed by atoms with Crippen molar-refractivity contribution in [2.45, 2.75) is 56.7 Å². The summed E-state index contributed by atoms with van der Waals surface area (Å²) >= 11 is 0. The molecule has 3 atom stereocenters. The van der Waals surface area contributed by atoms with Gasteiger partial charge in [0.1, 0.15) is 6.10 Å². The fourth-order valence-corrected chi connectivity index (χ4v) is 4.22. The zero-order valence-corrected chi connectivity index (χ0v) is 17.5. The molecule has 1 aromatic rings. The fraction of sp³-hybridized carbons (Fsp3) is 0.667. The van der Waals surface area contributed by atoms with Crippen LogP contribution >= 0.6 is 0 Å². The molecule has 32 heavy (non-hydrogen) atoms. The summed E-state index contributed by atoms with van der Waals surface area (Å²) in [6, 6.07) is 5.99. The monoisotopic (exact) mass is 460 g/mol. The van der Waals surface area contributed by atoms with E-state index in [2.05, 4.69) is 9.88 Å². The molecule has 0 radical (unpaired) electrons. The molecule has 0 aromatic carbocycles. The smallest absolute Gasteiger partial charge is 0.475 e. The predicted molar refractivity (Wildman–Crippen MR) is 105 cm³/mol. The fourth-order valence-electron chi connectivity index (χ4n) is 4.22. The average Bonchev–Trinajstić information content (AvgIpc) is 3.21. The van der Waals surface area contributed by atoms with Crippen molar-refractivity contribution in [2.24, 2.45) is 5.92 Å². The minimum atomic E-state index is -5.08. The molecule has 0 unspecified atom stereocenters. The minimum absolute atomic E-state index is 0.0127. The van der Waals surface area contributed by atoms with Gasteiger partial charge >= 0.3 is 12.1 Å². The number of carbonyl (C=O) groups excluding carboxylic acids is 1. The number of hydrogen-bond acceptors (Lipinski definition) is 6. The van der Waals surface area contributed by atoms with Crippen LogP contribution in [0.3, 0.4) is 0 Å². The van der Waals surface area contributed by atoms with Crippen LogP contribution in [-0.2, 0) is 30.4 Å². The number of carbonyl (C=O) groups is 2. The molecule has 0 spiro atoms. The summed E-state index contributed by atoms with van der Waals surface area (Å²) < 4.78 is 49.2. The first kappa shape index (κ1) is 24.4. The van der Waals surface area contributed by atoms with Crippen molar-refractivity contribution < 1.29 is 42.1 Å². The maximum Gasteiger partial charge on any atom is 0.490 e. The van der Waals surface area contributed by atoms with Crippen LogP contribution in [0.5, 0.6) is 0 Å². The highest BCUT2D eigenvalue weighted by molar-refractivity contribution is 5.79. The number of halogens is 3. The van der Waals surface area contributed by atoms with Crippen molar-refractivity contribution in [3.8, 4) is 0 Å².